The van der Waals surface area contributed by atoms with Crippen molar-refractivity contribution >= 4 is 28.3 Å². The third-order valence-corrected chi connectivity index (χ3v) is 7.24. The summed E-state index contributed by atoms with van der Waals surface area (Å²) in [5.41, 5.74) is 1.02. The number of aromatic nitrogens is 1. The van der Waals surface area contributed by atoms with Crippen molar-refractivity contribution in [2.45, 2.75) is 39.7 Å². The number of para-hydroxylation sites is 1. The minimum atomic E-state index is -0.0970. The molecule has 0 saturated carbocycles. The van der Waals surface area contributed by atoms with Crippen LogP contribution in [-0.2, 0) is 16.1 Å². The molecule has 2 aliphatic rings. The lowest BCUT2D eigenvalue weighted by Crippen LogP contribution is -2.43. The van der Waals surface area contributed by atoms with E-state index in [-0.39, 0.29) is 24.3 Å². The molecule has 178 valence electrons. The molecule has 7 nitrogen and oxygen atoms in total. The zero-order valence-electron chi connectivity index (χ0n) is 19.5. The normalized spacial score (nSPS) is 22.2. The van der Waals surface area contributed by atoms with Crippen molar-refractivity contribution in [2.24, 2.45) is 17.8 Å². The molecule has 8 heteroatoms. The van der Waals surface area contributed by atoms with Gasteiger partial charge in [-0.25, -0.2) is 4.98 Å². The van der Waals surface area contributed by atoms with Gasteiger partial charge in [0.15, 0.2) is 11.7 Å². The van der Waals surface area contributed by atoms with E-state index < -0.39 is 0 Å². The van der Waals surface area contributed by atoms with Gasteiger partial charge in [-0.2, -0.15) is 0 Å². The number of carbonyl (C=O) groups excluding carboxylic acids is 2. The van der Waals surface area contributed by atoms with E-state index in [0.29, 0.717) is 48.6 Å². The summed E-state index contributed by atoms with van der Waals surface area (Å²) in [7, 11) is 0. The second-order valence-corrected chi connectivity index (χ2v) is 10.4. The smallest absolute Gasteiger partial charge is 0.260 e. The van der Waals surface area contributed by atoms with E-state index in [9.17, 15) is 9.59 Å². The topological polar surface area (TPSA) is 74.8 Å². The molecule has 0 radical (unpaired) electrons. The monoisotopic (exact) mass is 470 g/mol. The Morgan fingerprint density at radius 2 is 1.82 bits per heavy atom. The fourth-order valence-corrected chi connectivity index (χ4v) is 5.64. The molecule has 2 aromatic rings. The number of nitrogens with one attached hydrogen (secondary N) is 1. The van der Waals surface area contributed by atoms with E-state index >= 15 is 0 Å². The Labute approximate surface area is 200 Å². The molecule has 1 N–H and O–H groups in total. The minimum absolute atomic E-state index is 0.00347. The summed E-state index contributed by atoms with van der Waals surface area (Å²) in [6, 6.07) is 9.34. The molecule has 2 aliphatic heterocycles. The first-order valence-corrected chi connectivity index (χ1v) is 12.8. The van der Waals surface area contributed by atoms with Crippen LogP contribution in [0.3, 0.4) is 0 Å². The summed E-state index contributed by atoms with van der Waals surface area (Å²) >= 11 is 1.49. The molecule has 0 spiro atoms. The first-order valence-electron chi connectivity index (χ1n) is 11.9. The second-order valence-electron chi connectivity index (χ2n) is 9.53. The van der Waals surface area contributed by atoms with Crippen LogP contribution in [-0.4, -0.2) is 59.4 Å². The van der Waals surface area contributed by atoms with Crippen molar-refractivity contribution in [2.75, 3.05) is 38.1 Å². The first kappa shape index (κ1) is 23.7. The van der Waals surface area contributed by atoms with Crippen LogP contribution in [0.5, 0.6) is 5.75 Å². The van der Waals surface area contributed by atoms with Gasteiger partial charge in [0, 0.05) is 44.0 Å². The molecular formula is C25H34N4O3S. The Bertz CT molecular complexity index is 917. The van der Waals surface area contributed by atoms with Crippen molar-refractivity contribution < 1.29 is 14.3 Å². The summed E-state index contributed by atoms with van der Waals surface area (Å²) in [5.74, 6) is 1.99. The molecule has 2 amide bonds. The van der Waals surface area contributed by atoms with Crippen molar-refractivity contribution in [1.82, 2.24) is 14.8 Å². The number of ether oxygens (including phenoxy) is 1. The molecule has 3 heterocycles. The van der Waals surface area contributed by atoms with Gasteiger partial charge in [-0.3, -0.25) is 14.5 Å². The van der Waals surface area contributed by atoms with Gasteiger partial charge in [0.25, 0.3) is 5.91 Å². The first-order chi connectivity index (χ1) is 16.0. The maximum atomic E-state index is 12.8. The third kappa shape index (κ3) is 6.77. The number of likely N-dealkylation sites (tertiary alicyclic amines) is 2. The Morgan fingerprint density at radius 3 is 2.52 bits per heavy atom. The van der Waals surface area contributed by atoms with Gasteiger partial charge < -0.3 is 15.0 Å². The molecule has 2 fully saturated rings. The number of nitrogens with zero attached hydrogens (tertiary/aromatic N) is 3. The van der Waals surface area contributed by atoms with Crippen LogP contribution in [0.1, 0.15) is 38.8 Å². The number of benzene rings is 1. The summed E-state index contributed by atoms with van der Waals surface area (Å²) in [6.07, 6.45) is 2.61. The SMILES string of the molecule is C[C@H]1C[C@H](C)CN(Cc2csc(NC(=O)C3CCN(C(=O)COc4ccccc4)CC3)n2)C1. The zero-order valence-corrected chi connectivity index (χ0v) is 20.4. The predicted octanol–water partition coefficient (Wildman–Crippen LogP) is 3.88. The van der Waals surface area contributed by atoms with Crippen LogP contribution in [0.25, 0.3) is 0 Å². The fraction of sp³-hybridized carbons (Fsp3) is 0.560. The van der Waals surface area contributed by atoms with Crippen molar-refractivity contribution in [3.63, 3.8) is 0 Å². The number of carbonyl (C=O) groups is 2. The largest absolute Gasteiger partial charge is 0.484 e. The van der Waals surface area contributed by atoms with Crippen molar-refractivity contribution in [3.8, 4) is 5.75 Å². The molecule has 4 rings (SSSR count). The van der Waals surface area contributed by atoms with Gasteiger partial charge in [-0.15, -0.1) is 11.3 Å². The highest BCUT2D eigenvalue weighted by molar-refractivity contribution is 7.13. The van der Waals surface area contributed by atoms with Gasteiger partial charge in [-0.1, -0.05) is 32.0 Å². The second kappa shape index (κ2) is 11.1. The van der Waals surface area contributed by atoms with Gasteiger partial charge in [-0.05, 0) is 43.2 Å². The molecule has 2 atom stereocenters. The molecule has 33 heavy (non-hydrogen) atoms. The van der Waals surface area contributed by atoms with Crippen LogP contribution in [0.4, 0.5) is 5.13 Å². The number of hydrogen-bond acceptors (Lipinski definition) is 6. The minimum Gasteiger partial charge on any atom is -0.484 e. The van der Waals surface area contributed by atoms with E-state index in [2.05, 4.69) is 29.0 Å². The molecule has 0 aliphatic carbocycles. The number of amides is 2. The molecule has 1 aromatic carbocycles. The molecule has 0 bridgehead atoms. The fourth-order valence-electron chi connectivity index (χ4n) is 4.94. The number of thiazole rings is 1. The molecule has 2 saturated heterocycles. The highest BCUT2D eigenvalue weighted by Gasteiger charge is 2.28. The summed E-state index contributed by atoms with van der Waals surface area (Å²) in [4.78, 5) is 34.1. The lowest BCUT2D eigenvalue weighted by Gasteiger charge is -2.34. The lowest BCUT2D eigenvalue weighted by atomic mass is 9.92. The van der Waals surface area contributed by atoms with E-state index in [1.54, 1.807) is 4.90 Å². The van der Waals surface area contributed by atoms with Gasteiger partial charge >= 0.3 is 0 Å². The third-order valence-electron chi connectivity index (χ3n) is 6.44. The Hall–Kier alpha value is -2.45. The number of anilines is 1. The van der Waals surface area contributed by atoms with E-state index in [0.717, 1.165) is 25.3 Å². The zero-order chi connectivity index (χ0) is 23.2. The summed E-state index contributed by atoms with van der Waals surface area (Å²) < 4.78 is 5.56. The van der Waals surface area contributed by atoms with Crippen LogP contribution >= 0.6 is 11.3 Å². The van der Waals surface area contributed by atoms with Crippen LogP contribution in [0.2, 0.25) is 0 Å². The Kier molecular flexibility index (Phi) is 7.98. The van der Waals surface area contributed by atoms with Gasteiger partial charge in [0.2, 0.25) is 5.91 Å². The predicted molar refractivity (Wildman–Crippen MR) is 130 cm³/mol. The summed E-state index contributed by atoms with van der Waals surface area (Å²) in [5, 5.41) is 5.72. The number of piperidine rings is 2. The maximum absolute atomic E-state index is 12.8. The quantitative estimate of drug-likeness (QED) is 0.665. The van der Waals surface area contributed by atoms with Gasteiger partial charge in [0.05, 0.1) is 5.69 Å². The van der Waals surface area contributed by atoms with Crippen molar-refractivity contribution in [1.29, 1.82) is 0 Å². The average molecular weight is 471 g/mol. The van der Waals surface area contributed by atoms with E-state index in [4.69, 9.17) is 4.74 Å². The number of rotatable bonds is 7. The van der Waals surface area contributed by atoms with Crippen molar-refractivity contribution in [3.05, 3.63) is 41.4 Å². The van der Waals surface area contributed by atoms with Gasteiger partial charge in [0.1, 0.15) is 5.75 Å². The Balaban J connectivity index is 1.20. The highest BCUT2D eigenvalue weighted by Crippen LogP contribution is 2.25. The Morgan fingerprint density at radius 1 is 1.12 bits per heavy atom. The summed E-state index contributed by atoms with van der Waals surface area (Å²) in [6.45, 7) is 8.85. The van der Waals surface area contributed by atoms with Crippen LogP contribution in [0.15, 0.2) is 35.7 Å². The lowest BCUT2D eigenvalue weighted by molar-refractivity contribution is -0.136. The van der Waals surface area contributed by atoms with E-state index in [1.807, 2.05) is 35.7 Å². The standard InChI is InChI=1S/C25H34N4O3S/c1-18-12-19(2)14-28(13-18)15-21-17-33-25(26-21)27-24(31)20-8-10-29(11-9-20)23(30)16-32-22-6-4-3-5-7-22/h3-7,17-20H,8-16H2,1-2H3,(H,26,27,31)/t18-,19-/m0/s1. The highest BCUT2D eigenvalue weighted by atomic mass is 32.1. The van der Waals surface area contributed by atoms with Crippen LogP contribution < -0.4 is 10.1 Å². The maximum Gasteiger partial charge on any atom is 0.260 e. The molecule has 1 aromatic heterocycles. The number of hydrogen-bond donors (Lipinski definition) is 1. The molecular weight excluding hydrogens is 436 g/mol. The van der Waals surface area contributed by atoms with E-state index in [1.165, 1.54) is 17.8 Å². The average Bonchev–Trinajstić information content (AvgIpc) is 3.24. The van der Waals surface area contributed by atoms with Crippen LogP contribution in [0, 0.1) is 17.8 Å². The molecule has 0 unspecified atom stereocenters.